The fourth-order valence-electron chi connectivity index (χ4n) is 3.17. The molecule has 0 aliphatic heterocycles. The van der Waals surface area contributed by atoms with Crippen molar-refractivity contribution >= 4 is 35.5 Å². The van der Waals surface area contributed by atoms with Crippen molar-refractivity contribution in [2.45, 2.75) is 141 Å². The maximum absolute atomic E-state index is 11.7. The first-order valence-electron chi connectivity index (χ1n) is 13.1. The normalized spacial score (nSPS) is 11.1. The first kappa shape index (κ1) is 33.8. The van der Waals surface area contributed by atoms with Gasteiger partial charge in [0.15, 0.2) is 4.08 Å². The van der Waals surface area contributed by atoms with Gasteiger partial charge in [0.05, 0.1) is 0 Å². The first-order valence-corrected chi connectivity index (χ1v) is 15.0. The third kappa shape index (κ3) is 24.3. The van der Waals surface area contributed by atoms with Gasteiger partial charge in [-0.1, -0.05) is 111 Å². The SMILES string of the molecule is CCC(=O)O.CCCCCCCCCCSC(C)(SCCCCCCCCCC)C(=O)O. The average molecular weight is 493 g/mol. The summed E-state index contributed by atoms with van der Waals surface area (Å²) in [5, 5.41) is 17.4. The molecule has 0 aliphatic rings. The number of unbranched alkanes of at least 4 members (excludes halogenated alkanes) is 14. The number of hydrogen-bond donors (Lipinski definition) is 2. The van der Waals surface area contributed by atoms with Crippen LogP contribution in [0.2, 0.25) is 0 Å². The van der Waals surface area contributed by atoms with Crippen LogP contribution in [0, 0.1) is 0 Å². The van der Waals surface area contributed by atoms with Crippen molar-refractivity contribution in [3.8, 4) is 0 Å². The third-order valence-electron chi connectivity index (χ3n) is 5.44. The molecular weight excluding hydrogens is 440 g/mol. The molecule has 0 bridgehead atoms. The molecule has 192 valence electrons. The summed E-state index contributed by atoms with van der Waals surface area (Å²) in [5.41, 5.74) is 0. The number of carboxylic acids is 2. The second-order valence-electron chi connectivity index (χ2n) is 8.64. The third-order valence-corrected chi connectivity index (χ3v) is 8.59. The van der Waals surface area contributed by atoms with E-state index in [9.17, 15) is 14.7 Å². The first-order chi connectivity index (χ1) is 15.3. The molecule has 0 radical (unpaired) electrons. The Morgan fingerprint density at radius 2 is 0.875 bits per heavy atom. The van der Waals surface area contributed by atoms with Crippen LogP contribution in [0.4, 0.5) is 0 Å². The van der Waals surface area contributed by atoms with Gasteiger partial charge in [-0.25, -0.2) is 4.79 Å². The van der Waals surface area contributed by atoms with E-state index in [4.69, 9.17) is 5.11 Å². The van der Waals surface area contributed by atoms with Crippen molar-refractivity contribution in [2.24, 2.45) is 0 Å². The topological polar surface area (TPSA) is 74.6 Å². The molecule has 6 heteroatoms. The molecule has 0 heterocycles. The lowest BCUT2D eigenvalue weighted by Gasteiger charge is -2.23. The summed E-state index contributed by atoms with van der Waals surface area (Å²) in [6, 6.07) is 0. The van der Waals surface area contributed by atoms with Crippen LogP contribution in [0.1, 0.15) is 137 Å². The Morgan fingerprint density at radius 1 is 0.594 bits per heavy atom. The smallest absolute Gasteiger partial charge is 0.329 e. The van der Waals surface area contributed by atoms with E-state index in [1.54, 1.807) is 30.4 Å². The number of carboxylic acid groups (broad SMARTS) is 2. The van der Waals surface area contributed by atoms with E-state index in [1.807, 2.05) is 6.92 Å². The zero-order valence-corrected chi connectivity index (χ0v) is 23.1. The lowest BCUT2D eigenvalue weighted by atomic mass is 10.1. The maximum atomic E-state index is 11.7. The Bertz CT molecular complexity index is 408. The predicted molar refractivity (Wildman–Crippen MR) is 144 cm³/mol. The number of aliphatic carboxylic acids is 2. The van der Waals surface area contributed by atoms with Crippen molar-refractivity contribution < 1.29 is 19.8 Å². The largest absolute Gasteiger partial charge is 0.481 e. The Kier molecular flexibility index (Phi) is 26.7. The van der Waals surface area contributed by atoms with E-state index in [-0.39, 0.29) is 6.42 Å². The monoisotopic (exact) mass is 492 g/mol. The zero-order valence-electron chi connectivity index (χ0n) is 21.5. The lowest BCUT2D eigenvalue weighted by molar-refractivity contribution is -0.137. The number of hydrogen-bond acceptors (Lipinski definition) is 4. The summed E-state index contributed by atoms with van der Waals surface area (Å²) in [4.78, 5) is 21.1. The lowest BCUT2D eigenvalue weighted by Crippen LogP contribution is -2.28. The molecule has 0 fully saturated rings. The Balaban J connectivity index is 0. The molecule has 0 aliphatic carbocycles. The molecule has 2 N–H and O–H groups in total. The summed E-state index contributed by atoms with van der Waals surface area (Å²) < 4.78 is -0.664. The van der Waals surface area contributed by atoms with Crippen LogP contribution < -0.4 is 0 Å². The van der Waals surface area contributed by atoms with Crippen LogP contribution >= 0.6 is 23.5 Å². The van der Waals surface area contributed by atoms with Crippen LogP contribution in [0.15, 0.2) is 0 Å². The van der Waals surface area contributed by atoms with Gasteiger partial charge in [-0.3, -0.25) is 4.79 Å². The number of thioether (sulfide) groups is 2. The van der Waals surface area contributed by atoms with E-state index < -0.39 is 16.0 Å². The van der Waals surface area contributed by atoms with Gasteiger partial charge in [0.2, 0.25) is 0 Å². The van der Waals surface area contributed by atoms with E-state index in [0.29, 0.717) is 0 Å². The fourth-order valence-corrected chi connectivity index (χ4v) is 5.73. The number of carbonyl (C=O) groups is 2. The van der Waals surface area contributed by atoms with Gasteiger partial charge in [-0.05, 0) is 31.3 Å². The quantitative estimate of drug-likeness (QED) is 0.116. The fraction of sp³-hybridized carbons (Fsp3) is 0.923. The summed E-state index contributed by atoms with van der Waals surface area (Å²) in [7, 11) is 0. The Morgan fingerprint density at radius 3 is 1.12 bits per heavy atom. The van der Waals surface area contributed by atoms with Crippen molar-refractivity contribution in [3.63, 3.8) is 0 Å². The van der Waals surface area contributed by atoms with Crippen molar-refractivity contribution in [1.82, 2.24) is 0 Å². The molecule has 0 aromatic heterocycles. The van der Waals surface area contributed by atoms with E-state index in [2.05, 4.69) is 13.8 Å². The second-order valence-corrected chi connectivity index (χ2v) is 11.9. The van der Waals surface area contributed by atoms with Gasteiger partial charge in [0.1, 0.15) is 0 Å². The average Bonchev–Trinajstić information content (AvgIpc) is 2.77. The summed E-state index contributed by atoms with van der Waals surface area (Å²) in [6.45, 7) is 8.01. The molecule has 0 amide bonds. The van der Waals surface area contributed by atoms with Gasteiger partial charge in [0, 0.05) is 6.42 Å². The molecule has 0 spiro atoms. The molecule has 0 aromatic carbocycles. The maximum Gasteiger partial charge on any atom is 0.329 e. The number of rotatable bonds is 22. The molecule has 32 heavy (non-hydrogen) atoms. The minimum Gasteiger partial charge on any atom is -0.481 e. The highest BCUT2D eigenvalue weighted by molar-refractivity contribution is 8.19. The summed E-state index contributed by atoms with van der Waals surface area (Å²) in [6.07, 6.45) is 21.1. The standard InChI is InChI=1S/C23H46O2S2.C3H6O2/c1-4-6-8-10-12-14-16-18-20-26-23(3,22(24)25)27-21-19-17-15-13-11-9-7-5-2;1-2-3(4)5/h4-21H2,1-3H3,(H,24,25);2H2,1H3,(H,4,5). The highest BCUT2D eigenvalue weighted by atomic mass is 32.2. The van der Waals surface area contributed by atoms with Crippen LogP contribution in [0.25, 0.3) is 0 Å². The van der Waals surface area contributed by atoms with Gasteiger partial charge in [0.25, 0.3) is 0 Å². The summed E-state index contributed by atoms with van der Waals surface area (Å²) in [5.74, 6) is 0.548. The van der Waals surface area contributed by atoms with Gasteiger partial charge < -0.3 is 10.2 Å². The molecule has 0 saturated carbocycles. The predicted octanol–water partition coefficient (Wildman–Crippen LogP) is 9.02. The second kappa shape index (κ2) is 25.3. The van der Waals surface area contributed by atoms with Crippen LogP contribution in [0.3, 0.4) is 0 Å². The zero-order chi connectivity index (χ0) is 24.5. The summed E-state index contributed by atoms with van der Waals surface area (Å²) >= 11 is 3.29. The highest BCUT2D eigenvalue weighted by Crippen LogP contribution is 2.38. The molecule has 0 unspecified atom stereocenters. The van der Waals surface area contributed by atoms with Crippen LogP contribution in [0.5, 0.6) is 0 Å². The van der Waals surface area contributed by atoms with E-state index >= 15 is 0 Å². The molecule has 0 aromatic rings. The molecule has 0 saturated heterocycles. The van der Waals surface area contributed by atoms with Gasteiger partial charge in [-0.2, -0.15) is 0 Å². The van der Waals surface area contributed by atoms with E-state index in [1.165, 1.54) is 89.9 Å². The molecule has 0 rings (SSSR count). The van der Waals surface area contributed by atoms with Crippen molar-refractivity contribution in [1.29, 1.82) is 0 Å². The molecular formula is C26H52O4S2. The van der Waals surface area contributed by atoms with Crippen LogP contribution in [-0.2, 0) is 9.59 Å². The van der Waals surface area contributed by atoms with Crippen LogP contribution in [-0.4, -0.2) is 37.7 Å². The Hall–Kier alpha value is -0.360. The highest BCUT2D eigenvalue weighted by Gasteiger charge is 2.33. The van der Waals surface area contributed by atoms with E-state index in [0.717, 1.165) is 24.3 Å². The van der Waals surface area contributed by atoms with Crippen molar-refractivity contribution in [3.05, 3.63) is 0 Å². The van der Waals surface area contributed by atoms with Gasteiger partial charge >= 0.3 is 11.9 Å². The van der Waals surface area contributed by atoms with Crippen molar-refractivity contribution in [2.75, 3.05) is 11.5 Å². The minimum absolute atomic E-state index is 0.222. The molecule has 0 atom stereocenters. The Labute approximate surface area is 207 Å². The van der Waals surface area contributed by atoms with Gasteiger partial charge in [-0.15, -0.1) is 23.5 Å². The minimum atomic E-state index is -0.745. The molecule has 4 nitrogen and oxygen atoms in total.